The van der Waals surface area contributed by atoms with Gasteiger partial charge in [-0.25, -0.2) is 73.2 Å². The summed E-state index contributed by atoms with van der Waals surface area (Å²) >= 11 is 0. The Morgan fingerprint density at radius 2 is 0.621 bits per heavy atom. The minimum atomic E-state index is -1.99. The number of hydrogen-bond donors (Lipinski definition) is 4. The molecule has 4 aliphatic rings. The Bertz CT molecular complexity index is 4380. The quantitative estimate of drug-likeness (QED) is 0.0805. The summed E-state index contributed by atoms with van der Waals surface area (Å²) in [6, 6.07) is 22.6. The van der Waals surface area contributed by atoms with Crippen molar-refractivity contribution in [1.82, 2.24) is 29.6 Å². The zero-order valence-corrected chi connectivity index (χ0v) is 50.2. The largest absolute Gasteiger partial charge is 0.494 e. The van der Waals surface area contributed by atoms with Crippen molar-refractivity contribution in [3.63, 3.8) is 0 Å². The van der Waals surface area contributed by atoms with Crippen LogP contribution in [0.25, 0.3) is 0 Å². The number of nitrogens with zero attached hydrogens (tertiary/aromatic N) is 10. The third kappa shape index (κ3) is 12.2. The second-order valence-corrected chi connectivity index (χ2v) is 21.3. The van der Waals surface area contributed by atoms with Crippen LogP contribution in [0.3, 0.4) is 0 Å². The first-order valence-corrected chi connectivity index (χ1v) is 27.5. The van der Waals surface area contributed by atoms with Gasteiger partial charge in [0.05, 0.1) is 7.11 Å². The van der Waals surface area contributed by atoms with E-state index in [1.54, 1.807) is 19.1 Å². The van der Waals surface area contributed by atoms with Crippen molar-refractivity contribution in [3.8, 4) is 5.75 Å². The van der Waals surface area contributed by atoms with Crippen molar-refractivity contribution >= 4 is 47.5 Å². The van der Waals surface area contributed by atoms with E-state index < -0.39 is 116 Å². The summed E-state index contributed by atoms with van der Waals surface area (Å²) in [5.41, 5.74) is 16.4. The van der Waals surface area contributed by atoms with E-state index in [4.69, 9.17) is 27.7 Å². The number of pyridine rings is 2. The first kappa shape index (κ1) is 67.7. The summed E-state index contributed by atoms with van der Waals surface area (Å²) in [5, 5.41) is 0. The van der Waals surface area contributed by atoms with Gasteiger partial charge >= 0.3 is 0 Å². The lowest BCUT2D eigenvalue weighted by Gasteiger charge is -2.26. The number of halogens is 12. The molecule has 2 aromatic heterocycles. The second-order valence-electron chi connectivity index (χ2n) is 21.3. The zero-order chi connectivity index (χ0) is 69.6. The molecule has 0 radical (unpaired) electrons. The Labute approximate surface area is 531 Å². The fraction of sp³-hybridized carbons (Fsp3) is 0.156. The zero-order valence-electron chi connectivity index (χ0n) is 50.2. The van der Waals surface area contributed by atoms with Gasteiger partial charge in [-0.05, 0) is 148 Å². The highest BCUT2D eigenvalue weighted by atomic mass is 19.2. The van der Waals surface area contributed by atoms with Crippen LogP contribution in [0.2, 0.25) is 0 Å². The van der Waals surface area contributed by atoms with E-state index in [2.05, 4.69) is 29.9 Å². The van der Waals surface area contributed by atoms with Gasteiger partial charge in [-0.3, -0.25) is 43.8 Å². The number of guanidine groups is 4. The highest BCUT2D eigenvalue weighted by molar-refractivity contribution is 6.11. The molecule has 6 heterocycles. The molecule has 12 rings (SSSR count). The highest BCUT2D eigenvalue weighted by Gasteiger charge is 2.54. The third-order valence-electron chi connectivity index (χ3n) is 15.4. The average Bonchev–Trinajstić information content (AvgIpc) is 1.66. The predicted octanol–water partition coefficient (Wildman–Crippen LogP) is 7.64. The lowest BCUT2D eigenvalue weighted by atomic mass is 9.82. The number of carbonyl (C=O) groups is 4. The molecule has 490 valence electrons. The number of likely N-dealkylation sites (N-methyl/N-ethyl adjacent to an activating group) is 4. The average molecular weight is 1320 g/mol. The van der Waals surface area contributed by atoms with Gasteiger partial charge in [0.15, 0.2) is 69.2 Å². The van der Waals surface area contributed by atoms with Gasteiger partial charge in [0.1, 0.15) is 46.5 Å². The SMILES string of the molecule is CN1C(=O)C(c2cc(F)cc(F)c2)(c2ccc(F)c(F)c2)N=C1N.CN1C(=O)C(c2cc(F)cc(F)c2)(c2ccnc(F)c2)N=C1N.COc1ccc(C2(c3cc(F)cc(F)c3)N=C(N)N(C)C2=O)cc1F.Cc1cc(C2(c3cc(F)cc(F)c3)N=C(N)N(C)C2=O)ccn1. The fourth-order valence-corrected chi connectivity index (χ4v) is 10.8. The van der Waals surface area contributed by atoms with Crippen molar-refractivity contribution in [2.45, 2.75) is 29.1 Å². The maximum Gasteiger partial charge on any atom is 0.266 e. The summed E-state index contributed by atoms with van der Waals surface area (Å²) in [6.07, 6.45) is 2.65. The van der Waals surface area contributed by atoms with Gasteiger partial charge in [0, 0.05) is 70.5 Å². The molecule has 6 aromatic carbocycles. The molecule has 4 amide bonds. The summed E-state index contributed by atoms with van der Waals surface area (Å²) in [5.74, 6) is -14.0. The van der Waals surface area contributed by atoms with Crippen LogP contribution in [0.5, 0.6) is 5.75 Å². The lowest BCUT2D eigenvalue weighted by Crippen LogP contribution is -2.41. The van der Waals surface area contributed by atoms with Crippen molar-refractivity contribution in [3.05, 3.63) is 266 Å². The van der Waals surface area contributed by atoms with Crippen LogP contribution < -0.4 is 27.7 Å². The molecule has 0 fully saturated rings. The van der Waals surface area contributed by atoms with E-state index in [0.29, 0.717) is 29.5 Å². The van der Waals surface area contributed by atoms with Crippen LogP contribution in [0.1, 0.15) is 50.2 Å². The van der Waals surface area contributed by atoms with Gasteiger partial charge in [-0.1, -0.05) is 12.1 Å². The van der Waals surface area contributed by atoms with Gasteiger partial charge < -0.3 is 27.7 Å². The van der Waals surface area contributed by atoms with Crippen molar-refractivity contribution in [2.75, 3.05) is 35.3 Å². The Morgan fingerprint density at radius 3 is 0.884 bits per heavy atom. The van der Waals surface area contributed by atoms with Crippen LogP contribution in [-0.2, 0) is 41.3 Å². The van der Waals surface area contributed by atoms with Gasteiger partial charge in [0.2, 0.25) is 5.95 Å². The number of rotatable bonds is 9. The minimum absolute atomic E-state index is 0.0193. The monoisotopic (exact) mass is 1320 g/mol. The first-order chi connectivity index (χ1) is 44.7. The smallest absolute Gasteiger partial charge is 0.266 e. The maximum atomic E-state index is 14.2. The molecule has 0 saturated carbocycles. The summed E-state index contributed by atoms with van der Waals surface area (Å²) in [6.45, 7) is 1.75. The molecule has 0 bridgehead atoms. The molecule has 8 aromatic rings. The molecular weight excluding hydrogens is 1270 g/mol. The van der Waals surface area contributed by atoms with Crippen molar-refractivity contribution in [1.29, 1.82) is 0 Å². The number of aliphatic imine (C=N–C) groups is 4. The third-order valence-corrected chi connectivity index (χ3v) is 15.4. The number of methoxy groups -OCH3 is 1. The van der Waals surface area contributed by atoms with Gasteiger partial charge in [-0.15, -0.1) is 0 Å². The molecule has 31 heteroatoms. The van der Waals surface area contributed by atoms with Crippen LogP contribution in [0.15, 0.2) is 166 Å². The molecule has 4 atom stereocenters. The number of aryl methyl sites for hydroxylation is 1. The number of benzene rings is 6. The Kier molecular flexibility index (Phi) is 18.4. The molecule has 0 spiro atoms. The Hall–Kier alpha value is -11.7. The fourth-order valence-electron chi connectivity index (χ4n) is 10.8. The lowest BCUT2D eigenvalue weighted by molar-refractivity contribution is -0.130. The summed E-state index contributed by atoms with van der Waals surface area (Å²) in [7, 11) is 6.82. The normalized spacial score (nSPS) is 20.5. The standard InChI is InChI=1S/C17H14F3N3O2.C16H11F4N3O.C16H14F2N4O.C15H11F3N4O/c1-23-15(24)17(22-16(23)21,10-5-11(18)8-12(19)6-10)9-3-4-14(25-2)13(20)7-9;1-23-14(24)16(22-15(23)21,8-2-3-12(19)13(20)6-8)9-4-10(17)7-11(18)5-9;1-9-5-10(3-4-20-9)16(14(23)22(2)15(19)21-16)11-6-12(17)8-13(18)7-11;1-22-13(23)15(21-14(22)19,8-2-3-20-12(18)6-8)9-4-10(16)7-11(17)5-9/h3-8H,1-2H3,(H2,21,22);2-7H,1H3,(H2,21,22);3-8H,1-2H3,(H2,19,21);2-7H,1H3,(H2,19,21). The molecular formula is C64H50F12N14O5. The van der Waals surface area contributed by atoms with E-state index in [-0.39, 0.29) is 68.5 Å². The van der Waals surface area contributed by atoms with E-state index in [0.717, 1.165) is 106 Å². The van der Waals surface area contributed by atoms with Crippen LogP contribution in [0.4, 0.5) is 52.7 Å². The van der Waals surface area contributed by atoms with Crippen LogP contribution >= 0.6 is 0 Å². The Morgan fingerprint density at radius 1 is 0.337 bits per heavy atom. The van der Waals surface area contributed by atoms with Crippen LogP contribution in [-0.4, -0.2) is 112 Å². The minimum Gasteiger partial charge on any atom is -0.494 e. The molecule has 4 unspecified atom stereocenters. The number of aromatic nitrogens is 2. The topological polar surface area (TPSA) is 270 Å². The molecule has 8 N–H and O–H groups in total. The van der Waals surface area contributed by atoms with Crippen molar-refractivity contribution in [2.24, 2.45) is 42.9 Å². The van der Waals surface area contributed by atoms with E-state index in [1.807, 2.05) is 0 Å². The number of amides is 4. The van der Waals surface area contributed by atoms with Crippen molar-refractivity contribution < 1.29 is 76.6 Å². The van der Waals surface area contributed by atoms with Crippen LogP contribution in [0, 0.1) is 76.9 Å². The van der Waals surface area contributed by atoms with Gasteiger partial charge in [-0.2, -0.15) is 4.39 Å². The summed E-state index contributed by atoms with van der Waals surface area (Å²) < 4.78 is 169. The molecule has 0 aliphatic carbocycles. The predicted molar refractivity (Wildman–Crippen MR) is 319 cm³/mol. The summed E-state index contributed by atoms with van der Waals surface area (Å²) in [4.78, 5) is 79.4. The molecule has 19 nitrogen and oxygen atoms in total. The number of ether oxygens (including phenoxy) is 1. The number of nitrogens with two attached hydrogens (primary N) is 4. The maximum absolute atomic E-state index is 14.2. The molecule has 0 saturated heterocycles. The molecule has 4 aliphatic heterocycles. The van der Waals surface area contributed by atoms with Gasteiger partial charge in [0.25, 0.3) is 23.6 Å². The first-order valence-electron chi connectivity index (χ1n) is 27.5. The van der Waals surface area contributed by atoms with E-state index in [1.165, 1.54) is 64.6 Å². The number of hydrogen-bond acceptors (Lipinski definition) is 15. The number of carbonyl (C=O) groups excluding carboxylic acids is 4. The molecule has 95 heavy (non-hydrogen) atoms. The Balaban J connectivity index is 0.000000149. The van der Waals surface area contributed by atoms with E-state index in [9.17, 15) is 71.9 Å². The second kappa shape index (κ2) is 25.8. The van der Waals surface area contributed by atoms with E-state index >= 15 is 0 Å². The highest BCUT2D eigenvalue weighted by Crippen LogP contribution is 2.45.